The number of carbonyl (C=O) groups excluding carboxylic acids is 1. The van der Waals surface area contributed by atoms with E-state index >= 15 is 0 Å². The molecule has 0 N–H and O–H groups in total. The van der Waals surface area contributed by atoms with Gasteiger partial charge < -0.3 is 9.47 Å². The van der Waals surface area contributed by atoms with Gasteiger partial charge >= 0.3 is 5.97 Å². The average Bonchev–Trinajstić information content (AvgIpc) is 2.18. The van der Waals surface area contributed by atoms with E-state index in [1.54, 1.807) is 32.0 Å². The molecule has 1 rings (SSSR count). The second-order valence-electron chi connectivity index (χ2n) is 3.40. The Morgan fingerprint density at radius 2 is 2.06 bits per heavy atom. The zero-order chi connectivity index (χ0) is 12.1. The molecular formula is C11H12Cl2O3. The first kappa shape index (κ1) is 13.1. The SMILES string of the molecule is CC(C)OC(=O)COc1cc(Cl)ccc1Cl. The number of benzene rings is 1. The molecule has 0 heterocycles. The molecule has 0 spiro atoms. The third-order valence-corrected chi connectivity index (χ3v) is 2.15. The smallest absolute Gasteiger partial charge is 0.344 e. The van der Waals surface area contributed by atoms with Crippen LogP contribution in [0.2, 0.25) is 10.0 Å². The van der Waals surface area contributed by atoms with Gasteiger partial charge in [-0.05, 0) is 26.0 Å². The number of esters is 1. The third kappa shape index (κ3) is 4.29. The van der Waals surface area contributed by atoms with Gasteiger partial charge in [-0.25, -0.2) is 4.79 Å². The van der Waals surface area contributed by atoms with Crippen molar-refractivity contribution < 1.29 is 14.3 Å². The largest absolute Gasteiger partial charge is 0.480 e. The van der Waals surface area contributed by atoms with Crippen LogP contribution in [0.25, 0.3) is 0 Å². The summed E-state index contributed by atoms with van der Waals surface area (Å²) < 4.78 is 10.1. The van der Waals surface area contributed by atoms with E-state index in [1.165, 1.54) is 0 Å². The Morgan fingerprint density at radius 1 is 1.38 bits per heavy atom. The van der Waals surface area contributed by atoms with Gasteiger partial charge in [0.1, 0.15) is 5.75 Å². The molecule has 88 valence electrons. The molecule has 5 heteroatoms. The molecule has 0 atom stereocenters. The monoisotopic (exact) mass is 262 g/mol. The van der Waals surface area contributed by atoms with Crippen molar-refractivity contribution in [3.05, 3.63) is 28.2 Å². The van der Waals surface area contributed by atoms with E-state index in [0.717, 1.165) is 0 Å². The Morgan fingerprint density at radius 3 is 2.69 bits per heavy atom. The quantitative estimate of drug-likeness (QED) is 0.781. The molecule has 16 heavy (non-hydrogen) atoms. The first-order valence-electron chi connectivity index (χ1n) is 4.76. The summed E-state index contributed by atoms with van der Waals surface area (Å²) in [7, 11) is 0. The van der Waals surface area contributed by atoms with Crippen LogP contribution in [0.3, 0.4) is 0 Å². The molecular weight excluding hydrogens is 251 g/mol. The maximum absolute atomic E-state index is 11.2. The van der Waals surface area contributed by atoms with Crippen molar-refractivity contribution in [1.29, 1.82) is 0 Å². The van der Waals surface area contributed by atoms with Gasteiger partial charge in [-0.2, -0.15) is 0 Å². The van der Waals surface area contributed by atoms with E-state index < -0.39 is 5.97 Å². The van der Waals surface area contributed by atoms with Crippen molar-refractivity contribution in [1.82, 2.24) is 0 Å². The summed E-state index contributed by atoms with van der Waals surface area (Å²) in [5.74, 6) is -0.0686. The van der Waals surface area contributed by atoms with Gasteiger partial charge in [0.15, 0.2) is 6.61 Å². The maximum Gasteiger partial charge on any atom is 0.344 e. The van der Waals surface area contributed by atoms with Gasteiger partial charge in [-0.15, -0.1) is 0 Å². The number of carbonyl (C=O) groups is 1. The molecule has 0 saturated carbocycles. The van der Waals surface area contributed by atoms with Crippen molar-refractivity contribution in [2.45, 2.75) is 20.0 Å². The van der Waals surface area contributed by atoms with Crippen LogP contribution in [-0.4, -0.2) is 18.7 Å². The highest BCUT2D eigenvalue weighted by atomic mass is 35.5. The summed E-state index contributed by atoms with van der Waals surface area (Å²) >= 11 is 11.6. The van der Waals surface area contributed by atoms with Crippen LogP contribution < -0.4 is 4.74 Å². The molecule has 0 aliphatic rings. The van der Waals surface area contributed by atoms with E-state index in [2.05, 4.69) is 0 Å². The fourth-order valence-electron chi connectivity index (χ4n) is 1.02. The zero-order valence-electron chi connectivity index (χ0n) is 9.00. The molecule has 0 amide bonds. The number of ether oxygens (including phenoxy) is 2. The van der Waals surface area contributed by atoms with Crippen molar-refractivity contribution in [2.24, 2.45) is 0 Å². The Bertz CT molecular complexity index is 377. The summed E-state index contributed by atoms with van der Waals surface area (Å²) in [4.78, 5) is 11.2. The highest BCUT2D eigenvalue weighted by Gasteiger charge is 2.08. The van der Waals surface area contributed by atoms with Crippen molar-refractivity contribution in [3.8, 4) is 5.75 Å². The standard InChI is InChI=1S/C11H12Cl2O3/c1-7(2)16-11(14)6-15-10-5-8(12)3-4-9(10)13/h3-5,7H,6H2,1-2H3. The van der Waals surface area contributed by atoms with Gasteiger partial charge in [-0.1, -0.05) is 23.2 Å². The Labute approximate surface area is 104 Å². The molecule has 0 radical (unpaired) electrons. The Hall–Kier alpha value is -0.930. The number of rotatable bonds is 4. The maximum atomic E-state index is 11.2. The van der Waals surface area contributed by atoms with Crippen LogP contribution in [0.1, 0.15) is 13.8 Å². The highest BCUT2D eigenvalue weighted by Crippen LogP contribution is 2.27. The minimum Gasteiger partial charge on any atom is -0.480 e. The Balaban J connectivity index is 2.54. The Kier molecular flexibility index (Phi) is 4.90. The van der Waals surface area contributed by atoms with E-state index in [4.69, 9.17) is 32.7 Å². The number of hydrogen-bond acceptors (Lipinski definition) is 3. The minimum atomic E-state index is -0.439. The van der Waals surface area contributed by atoms with Crippen molar-refractivity contribution >= 4 is 29.2 Å². The molecule has 0 aliphatic carbocycles. The van der Waals surface area contributed by atoms with Gasteiger partial charge in [-0.3, -0.25) is 0 Å². The zero-order valence-corrected chi connectivity index (χ0v) is 10.5. The van der Waals surface area contributed by atoms with Crippen molar-refractivity contribution in [3.63, 3.8) is 0 Å². The topological polar surface area (TPSA) is 35.5 Å². The lowest BCUT2D eigenvalue weighted by Gasteiger charge is -2.10. The lowest BCUT2D eigenvalue weighted by Crippen LogP contribution is -2.18. The summed E-state index contributed by atoms with van der Waals surface area (Å²) in [5.41, 5.74) is 0. The second-order valence-corrected chi connectivity index (χ2v) is 4.25. The number of hydrogen-bond donors (Lipinski definition) is 0. The van der Waals surface area contributed by atoms with E-state index in [1.807, 2.05) is 0 Å². The average molecular weight is 263 g/mol. The van der Waals surface area contributed by atoms with Gasteiger partial charge in [0.05, 0.1) is 11.1 Å². The predicted octanol–water partition coefficient (Wildman–Crippen LogP) is 3.32. The fraction of sp³-hybridized carbons (Fsp3) is 0.364. The van der Waals surface area contributed by atoms with Crippen LogP contribution in [0.15, 0.2) is 18.2 Å². The van der Waals surface area contributed by atoms with Crippen LogP contribution in [-0.2, 0) is 9.53 Å². The highest BCUT2D eigenvalue weighted by molar-refractivity contribution is 6.34. The predicted molar refractivity (Wildman–Crippen MR) is 63.2 cm³/mol. The van der Waals surface area contributed by atoms with Crippen molar-refractivity contribution in [2.75, 3.05) is 6.61 Å². The molecule has 0 bridgehead atoms. The summed E-state index contributed by atoms with van der Waals surface area (Å²) in [6.45, 7) is 3.35. The summed E-state index contributed by atoms with van der Waals surface area (Å²) in [6, 6.07) is 4.79. The molecule has 1 aromatic rings. The number of halogens is 2. The third-order valence-electron chi connectivity index (χ3n) is 1.61. The first-order valence-corrected chi connectivity index (χ1v) is 5.52. The van der Waals surface area contributed by atoms with E-state index in [0.29, 0.717) is 15.8 Å². The minimum absolute atomic E-state index is 0.161. The normalized spacial score (nSPS) is 10.3. The van der Waals surface area contributed by atoms with E-state index in [9.17, 15) is 4.79 Å². The summed E-state index contributed by atoms with van der Waals surface area (Å²) in [5, 5.41) is 0.901. The molecule has 0 aromatic heterocycles. The van der Waals surface area contributed by atoms with Gasteiger partial charge in [0.2, 0.25) is 0 Å². The first-order chi connectivity index (χ1) is 7.49. The molecule has 0 aliphatic heterocycles. The second kappa shape index (κ2) is 5.97. The van der Waals surface area contributed by atoms with Crippen LogP contribution in [0, 0.1) is 0 Å². The molecule has 3 nitrogen and oxygen atoms in total. The fourth-order valence-corrected chi connectivity index (χ4v) is 1.36. The lowest BCUT2D eigenvalue weighted by atomic mass is 10.3. The van der Waals surface area contributed by atoms with Gasteiger partial charge in [0.25, 0.3) is 0 Å². The summed E-state index contributed by atoms with van der Waals surface area (Å²) in [6.07, 6.45) is -0.161. The van der Waals surface area contributed by atoms with Crippen LogP contribution in [0.4, 0.5) is 0 Å². The molecule has 0 unspecified atom stereocenters. The molecule has 0 fully saturated rings. The van der Waals surface area contributed by atoms with Crippen LogP contribution in [0.5, 0.6) is 5.75 Å². The van der Waals surface area contributed by atoms with E-state index in [-0.39, 0.29) is 12.7 Å². The lowest BCUT2D eigenvalue weighted by molar-refractivity contribution is -0.149. The van der Waals surface area contributed by atoms with Crippen LogP contribution >= 0.6 is 23.2 Å². The molecule has 0 saturated heterocycles. The van der Waals surface area contributed by atoms with Gasteiger partial charge in [0, 0.05) is 11.1 Å². The molecule has 1 aromatic carbocycles.